The summed E-state index contributed by atoms with van der Waals surface area (Å²) in [6.07, 6.45) is 7.80. The molecule has 1 fully saturated rings. The Bertz CT molecular complexity index is 757. The van der Waals surface area contributed by atoms with Crippen molar-refractivity contribution in [2.75, 3.05) is 0 Å². The van der Waals surface area contributed by atoms with E-state index in [4.69, 9.17) is 9.98 Å². The molecular weight excluding hydrogens is 324 g/mol. The van der Waals surface area contributed by atoms with Crippen LogP contribution >= 0.6 is 0 Å². The minimum absolute atomic E-state index is 0.104. The van der Waals surface area contributed by atoms with Crippen molar-refractivity contribution in [2.24, 2.45) is 9.98 Å². The van der Waals surface area contributed by atoms with E-state index in [1.54, 1.807) is 24.6 Å². The van der Waals surface area contributed by atoms with Crippen LogP contribution < -0.4 is 0 Å². The Labute approximate surface area is 155 Å². The SMILES string of the molecule is Cc1ccc(O)c(C=NC2CCCCC2N=Cc2cc(C)ccc2O)c1. The van der Waals surface area contributed by atoms with Crippen molar-refractivity contribution in [3.8, 4) is 11.5 Å². The zero-order valence-electron chi connectivity index (χ0n) is 15.4. The van der Waals surface area contributed by atoms with Gasteiger partial charge < -0.3 is 10.2 Å². The van der Waals surface area contributed by atoms with Gasteiger partial charge in [-0.15, -0.1) is 0 Å². The molecule has 0 bridgehead atoms. The molecule has 136 valence electrons. The Morgan fingerprint density at radius 1 is 0.769 bits per heavy atom. The average Bonchev–Trinajstić information content (AvgIpc) is 2.64. The van der Waals surface area contributed by atoms with E-state index in [9.17, 15) is 10.2 Å². The van der Waals surface area contributed by atoms with Crippen LogP contribution in [0.25, 0.3) is 0 Å². The van der Waals surface area contributed by atoms with Gasteiger partial charge in [-0.05, 0) is 51.0 Å². The summed E-state index contributed by atoms with van der Waals surface area (Å²) < 4.78 is 0. The van der Waals surface area contributed by atoms with Gasteiger partial charge in [0.05, 0.1) is 12.1 Å². The van der Waals surface area contributed by atoms with E-state index in [-0.39, 0.29) is 23.6 Å². The van der Waals surface area contributed by atoms with Crippen LogP contribution in [0.5, 0.6) is 11.5 Å². The Balaban J connectivity index is 1.77. The molecule has 2 aromatic carbocycles. The number of phenols is 2. The normalized spacial score (nSPS) is 20.8. The summed E-state index contributed by atoms with van der Waals surface area (Å²) in [4.78, 5) is 9.46. The quantitative estimate of drug-likeness (QED) is 0.794. The molecule has 0 amide bonds. The fourth-order valence-corrected chi connectivity index (χ4v) is 3.35. The Morgan fingerprint density at radius 3 is 1.62 bits per heavy atom. The number of nitrogens with zero attached hydrogens (tertiary/aromatic N) is 2. The lowest BCUT2D eigenvalue weighted by Gasteiger charge is -2.25. The van der Waals surface area contributed by atoms with Gasteiger partial charge in [0.2, 0.25) is 0 Å². The second-order valence-corrected chi connectivity index (χ2v) is 7.10. The van der Waals surface area contributed by atoms with Crippen LogP contribution in [-0.2, 0) is 0 Å². The molecule has 2 N–H and O–H groups in total. The highest BCUT2D eigenvalue weighted by Gasteiger charge is 2.23. The maximum absolute atomic E-state index is 9.99. The van der Waals surface area contributed by atoms with Gasteiger partial charge >= 0.3 is 0 Å². The summed E-state index contributed by atoms with van der Waals surface area (Å²) in [5.74, 6) is 0.500. The summed E-state index contributed by atoms with van der Waals surface area (Å²) in [6.45, 7) is 4.00. The molecule has 4 heteroatoms. The minimum Gasteiger partial charge on any atom is -0.507 e. The van der Waals surface area contributed by atoms with Crippen molar-refractivity contribution in [1.29, 1.82) is 0 Å². The summed E-state index contributed by atoms with van der Waals surface area (Å²) in [6, 6.07) is 11.2. The first kappa shape index (κ1) is 18.2. The third-order valence-corrected chi connectivity index (χ3v) is 4.87. The average molecular weight is 350 g/mol. The van der Waals surface area contributed by atoms with Gasteiger partial charge in [0.1, 0.15) is 11.5 Å². The summed E-state index contributed by atoms with van der Waals surface area (Å²) >= 11 is 0. The number of aliphatic imine (C=N–C) groups is 2. The van der Waals surface area contributed by atoms with Crippen LogP contribution in [0.3, 0.4) is 0 Å². The van der Waals surface area contributed by atoms with Gasteiger partial charge in [-0.2, -0.15) is 0 Å². The number of rotatable bonds is 4. The summed E-state index contributed by atoms with van der Waals surface area (Å²) in [5.41, 5.74) is 3.68. The summed E-state index contributed by atoms with van der Waals surface area (Å²) in [7, 11) is 0. The van der Waals surface area contributed by atoms with Crippen LogP contribution in [0, 0.1) is 13.8 Å². The molecule has 26 heavy (non-hydrogen) atoms. The first-order valence-electron chi connectivity index (χ1n) is 9.18. The van der Waals surface area contributed by atoms with Gasteiger partial charge in [-0.1, -0.05) is 36.1 Å². The van der Waals surface area contributed by atoms with Gasteiger partial charge in [0.15, 0.2) is 0 Å². The second-order valence-electron chi connectivity index (χ2n) is 7.10. The molecule has 0 aromatic heterocycles. The third-order valence-electron chi connectivity index (χ3n) is 4.87. The van der Waals surface area contributed by atoms with Gasteiger partial charge in [0.25, 0.3) is 0 Å². The fourth-order valence-electron chi connectivity index (χ4n) is 3.35. The lowest BCUT2D eigenvalue weighted by atomic mass is 9.91. The van der Waals surface area contributed by atoms with Crippen molar-refractivity contribution in [3.63, 3.8) is 0 Å². The Kier molecular flexibility index (Phi) is 5.71. The predicted molar refractivity (Wildman–Crippen MR) is 107 cm³/mol. The van der Waals surface area contributed by atoms with E-state index in [0.29, 0.717) is 0 Å². The van der Waals surface area contributed by atoms with Crippen molar-refractivity contribution in [2.45, 2.75) is 51.6 Å². The predicted octanol–water partition coefficient (Wildman–Crippen LogP) is 4.56. The van der Waals surface area contributed by atoms with E-state index >= 15 is 0 Å². The molecular formula is C22H26N2O2. The van der Waals surface area contributed by atoms with Crippen molar-refractivity contribution >= 4 is 12.4 Å². The molecule has 0 heterocycles. The molecule has 3 rings (SSSR count). The van der Waals surface area contributed by atoms with Gasteiger partial charge in [-0.3, -0.25) is 9.98 Å². The van der Waals surface area contributed by atoms with Gasteiger partial charge in [0, 0.05) is 23.6 Å². The first-order valence-corrected chi connectivity index (χ1v) is 9.18. The number of aromatic hydroxyl groups is 2. The van der Waals surface area contributed by atoms with E-state index in [2.05, 4.69) is 0 Å². The van der Waals surface area contributed by atoms with Crippen LogP contribution in [0.2, 0.25) is 0 Å². The highest BCUT2D eigenvalue weighted by molar-refractivity contribution is 5.84. The Hall–Kier alpha value is -2.62. The molecule has 0 aliphatic heterocycles. The maximum Gasteiger partial charge on any atom is 0.124 e. The minimum atomic E-state index is 0.104. The lowest BCUT2D eigenvalue weighted by Crippen LogP contribution is -2.27. The molecule has 0 radical (unpaired) electrons. The highest BCUT2D eigenvalue weighted by atomic mass is 16.3. The van der Waals surface area contributed by atoms with Gasteiger partial charge in [-0.25, -0.2) is 0 Å². The second kappa shape index (κ2) is 8.17. The third kappa shape index (κ3) is 4.51. The van der Waals surface area contributed by atoms with Crippen LogP contribution in [0.1, 0.15) is 47.9 Å². The number of benzene rings is 2. The number of aryl methyl sites for hydroxylation is 2. The zero-order chi connectivity index (χ0) is 18.5. The Morgan fingerprint density at radius 2 is 1.19 bits per heavy atom. The molecule has 2 aromatic rings. The first-order chi connectivity index (χ1) is 12.5. The molecule has 2 atom stereocenters. The molecule has 1 aliphatic rings. The van der Waals surface area contributed by atoms with Crippen molar-refractivity contribution in [3.05, 3.63) is 58.7 Å². The van der Waals surface area contributed by atoms with E-state index < -0.39 is 0 Å². The van der Waals surface area contributed by atoms with Crippen LogP contribution in [0.4, 0.5) is 0 Å². The monoisotopic (exact) mass is 350 g/mol. The standard InChI is InChI=1S/C22H26N2O2/c1-15-7-9-21(25)17(11-15)13-23-19-5-3-4-6-20(19)24-14-18-12-16(2)8-10-22(18)26/h7-14,19-20,25-26H,3-6H2,1-2H3. The van der Waals surface area contributed by atoms with E-state index in [1.807, 2.05) is 38.1 Å². The molecule has 1 aliphatic carbocycles. The number of hydrogen-bond donors (Lipinski definition) is 2. The van der Waals surface area contributed by atoms with E-state index in [0.717, 1.165) is 47.9 Å². The molecule has 0 saturated heterocycles. The van der Waals surface area contributed by atoms with Crippen LogP contribution in [0.15, 0.2) is 46.4 Å². The maximum atomic E-state index is 9.99. The largest absolute Gasteiger partial charge is 0.507 e. The van der Waals surface area contributed by atoms with Crippen molar-refractivity contribution < 1.29 is 10.2 Å². The number of phenolic OH excluding ortho intramolecular Hbond substituents is 2. The van der Waals surface area contributed by atoms with Crippen molar-refractivity contribution in [1.82, 2.24) is 0 Å². The smallest absolute Gasteiger partial charge is 0.124 e. The molecule has 2 unspecified atom stereocenters. The topological polar surface area (TPSA) is 65.2 Å². The molecule has 1 saturated carbocycles. The molecule has 0 spiro atoms. The highest BCUT2D eigenvalue weighted by Crippen LogP contribution is 2.25. The van der Waals surface area contributed by atoms with Crippen LogP contribution in [-0.4, -0.2) is 34.7 Å². The lowest BCUT2D eigenvalue weighted by molar-refractivity contribution is 0.390. The number of hydrogen-bond acceptors (Lipinski definition) is 4. The molecule has 4 nitrogen and oxygen atoms in total. The fraction of sp³-hybridized carbons (Fsp3) is 0.364. The summed E-state index contributed by atoms with van der Waals surface area (Å²) in [5, 5.41) is 20.0. The zero-order valence-corrected chi connectivity index (χ0v) is 15.4. The van der Waals surface area contributed by atoms with E-state index in [1.165, 1.54) is 0 Å².